The van der Waals surface area contributed by atoms with E-state index in [2.05, 4.69) is 9.97 Å². The van der Waals surface area contributed by atoms with Crippen LogP contribution in [0.15, 0.2) is 4.79 Å². The van der Waals surface area contributed by atoms with Crippen LogP contribution in [0.5, 0.6) is 0 Å². The van der Waals surface area contributed by atoms with E-state index in [4.69, 9.17) is 5.11 Å². The molecule has 1 aliphatic rings. The fourth-order valence-corrected chi connectivity index (χ4v) is 3.85. The number of carboxylic acid groups (broad SMARTS) is 1. The maximum atomic E-state index is 12.1. The summed E-state index contributed by atoms with van der Waals surface area (Å²) < 4.78 is 0. The van der Waals surface area contributed by atoms with Crippen LogP contribution in [0.25, 0.3) is 10.2 Å². The summed E-state index contributed by atoms with van der Waals surface area (Å²) in [6.07, 6.45) is 4.23. The van der Waals surface area contributed by atoms with Gasteiger partial charge in [0.1, 0.15) is 10.7 Å². The second-order valence-electron chi connectivity index (χ2n) is 4.80. The Balaban J connectivity index is 1.92. The van der Waals surface area contributed by atoms with E-state index in [1.54, 1.807) is 11.3 Å². The summed E-state index contributed by atoms with van der Waals surface area (Å²) in [6, 6.07) is 0. The third-order valence-corrected chi connectivity index (χ3v) is 4.61. The summed E-state index contributed by atoms with van der Waals surface area (Å²) in [5, 5.41) is 9.36. The lowest BCUT2D eigenvalue weighted by Gasteiger charge is -2.00. The molecule has 1 aliphatic carbocycles. The molecule has 0 radical (unpaired) electrons. The summed E-state index contributed by atoms with van der Waals surface area (Å²) >= 11 is 1.61. The molecular weight excluding hydrogens is 264 g/mol. The second-order valence-corrected chi connectivity index (χ2v) is 5.88. The average Bonchev–Trinajstić information content (AvgIpc) is 2.87. The summed E-state index contributed by atoms with van der Waals surface area (Å²) in [5.74, 6) is -0.225. The number of thiophene rings is 1. The zero-order valence-electron chi connectivity index (χ0n) is 10.4. The van der Waals surface area contributed by atoms with Crippen LogP contribution >= 0.6 is 11.3 Å². The van der Waals surface area contributed by atoms with Crippen LogP contribution in [0.4, 0.5) is 0 Å². The van der Waals surface area contributed by atoms with Gasteiger partial charge in [-0.05, 0) is 31.2 Å². The Morgan fingerprint density at radius 3 is 3.05 bits per heavy atom. The van der Waals surface area contributed by atoms with E-state index in [1.807, 2.05) is 0 Å². The Morgan fingerprint density at radius 1 is 1.42 bits per heavy atom. The maximum Gasteiger partial charge on any atom is 0.303 e. The highest BCUT2D eigenvalue weighted by molar-refractivity contribution is 7.18. The van der Waals surface area contributed by atoms with E-state index in [0.717, 1.165) is 29.5 Å². The molecule has 2 aromatic rings. The molecule has 6 heteroatoms. The molecule has 100 valence electrons. The predicted octanol–water partition coefficient (Wildman–Crippen LogP) is 1.88. The molecule has 2 N–H and O–H groups in total. The van der Waals surface area contributed by atoms with E-state index >= 15 is 0 Å². The lowest BCUT2D eigenvalue weighted by atomic mass is 10.2. The number of H-pyrrole nitrogens is 1. The quantitative estimate of drug-likeness (QED) is 0.894. The summed E-state index contributed by atoms with van der Waals surface area (Å²) in [6.45, 7) is 0. The summed E-state index contributed by atoms with van der Waals surface area (Å²) in [4.78, 5) is 31.9. The van der Waals surface area contributed by atoms with Gasteiger partial charge in [-0.15, -0.1) is 11.3 Å². The van der Waals surface area contributed by atoms with Gasteiger partial charge < -0.3 is 10.1 Å². The van der Waals surface area contributed by atoms with Crippen molar-refractivity contribution < 1.29 is 9.90 Å². The van der Waals surface area contributed by atoms with Crippen LogP contribution in [-0.4, -0.2) is 21.0 Å². The smallest absolute Gasteiger partial charge is 0.303 e. The first kappa shape index (κ1) is 12.3. The predicted molar refractivity (Wildman–Crippen MR) is 72.8 cm³/mol. The Morgan fingerprint density at radius 2 is 2.26 bits per heavy atom. The average molecular weight is 278 g/mol. The molecular formula is C13H14N2O3S. The third-order valence-electron chi connectivity index (χ3n) is 3.43. The number of aryl methyl sites for hydroxylation is 3. The number of nitrogens with one attached hydrogen (secondary N) is 1. The van der Waals surface area contributed by atoms with Gasteiger partial charge in [0, 0.05) is 17.7 Å². The maximum absolute atomic E-state index is 12.1. The zero-order valence-corrected chi connectivity index (χ0v) is 11.2. The van der Waals surface area contributed by atoms with Crippen molar-refractivity contribution in [3.63, 3.8) is 0 Å². The van der Waals surface area contributed by atoms with Crippen molar-refractivity contribution >= 4 is 27.5 Å². The molecule has 3 rings (SSSR count). The van der Waals surface area contributed by atoms with Gasteiger partial charge in [0.2, 0.25) is 0 Å². The molecule has 0 atom stereocenters. The van der Waals surface area contributed by atoms with E-state index in [9.17, 15) is 9.59 Å². The Labute approximate surface area is 113 Å². The lowest BCUT2D eigenvalue weighted by molar-refractivity contribution is -0.137. The minimum atomic E-state index is -0.821. The number of aliphatic carboxylic acids is 1. The molecule has 2 aromatic heterocycles. The highest BCUT2D eigenvalue weighted by atomic mass is 32.1. The third kappa shape index (κ3) is 2.28. The van der Waals surface area contributed by atoms with Crippen LogP contribution in [0.3, 0.4) is 0 Å². The lowest BCUT2D eigenvalue weighted by Crippen LogP contribution is -2.12. The van der Waals surface area contributed by atoms with Crippen LogP contribution in [0.1, 0.15) is 35.5 Å². The molecule has 0 unspecified atom stereocenters. The minimum Gasteiger partial charge on any atom is -0.481 e. The molecule has 0 amide bonds. The molecule has 2 heterocycles. The van der Waals surface area contributed by atoms with Gasteiger partial charge in [-0.3, -0.25) is 9.59 Å². The van der Waals surface area contributed by atoms with Crippen molar-refractivity contribution in [1.82, 2.24) is 9.97 Å². The Hall–Kier alpha value is -1.69. The van der Waals surface area contributed by atoms with Gasteiger partial charge in [0.05, 0.1) is 5.39 Å². The van der Waals surface area contributed by atoms with Gasteiger partial charge >= 0.3 is 5.97 Å². The number of hydrogen-bond donors (Lipinski definition) is 2. The van der Waals surface area contributed by atoms with E-state index in [-0.39, 0.29) is 12.0 Å². The van der Waals surface area contributed by atoms with Crippen LogP contribution < -0.4 is 5.56 Å². The monoisotopic (exact) mass is 278 g/mol. The molecule has 0 saturated carbocycles. The molecule has 0 spiro atoms. The number of hydrogen-bond acceptors (Lipinski definition) is 4. The first-order valence-corrected chi connectivity index (χ1v) is 7.22. The van der Waals surface area contributed by atoms with Crippen molar-refractivity contribution in [2.75, 3.05) is 0 Å². The molecule has 0 aromatic carbocycles. The number of carbonyl (C=O) groups is 1. The highest BCUT2D eigenvalue weighted by Crippen LogP contribution is 2.34. The van der Waals surface area contributed by atoms with Crippen molar-refractivity contribution in [1.29, 1.82) is 0 Å². The summed E-state index contributed by atoms with van der Waals surface area (Å²) in [5.41, 5.74) is 1.10. The minimum absolute atomic E-state index is 0.0743. The first-order valence-electron chi connectivity index (χ1n) is 6.40. The van der Waals surface area contributed by atoms with Crippen molar-refractivity contribution in [3.05, 3.63) is 26.6 Å². The Kier molecular flexibility index (Phi) is 3.10. The van der Waals surface area contributed by atoms with Gasteiger partial charge in [-0.1, -0.05) is 0 Å². The first-order chi connectivity index (χ1) is 9.15. The Bertz CT molecular complexity index is 702. The van der Waals surface area contributed by atoms with Gasteiger partial charge in [-0.25, -0.2) is 4.98 Å². The van der Waals surface area contributed by atoms with Crippen molar-refractivity contribution in [3.8, 4) is 0 Å². The number of rotatable bonds is 4. The number of aromatic nitrogens is 2. The zero-order chi connectivity index (χ0) is 13.4. The van der Waals surface area contributed by atoms with E-state index in [0.29, 0.717) is 18.7 Å². The fraction of sp³-hybridized carbons (Fsp3) is 0.462. The SMILES string of the molecule is O=C(O)CCCc1nc2sc3c(c2c(=O)[nH]1)CCC3. The molecule has 5 nitrogen and oxygen atoms in total. The van der Waals surface area contributed by atoms with Crippen molar-refractivity contribution in [2.24, 2.45) is 0 Å². The summed E-state index contributed by atoms with van der Waals surface area (Å²) in [7, 11) is 0. The van der Waals surface area contributed by atoms with E-state index in [1.165, 1.54) is 10.4 Å². The molecule has 0 fully saturated rings. The number of aromatic amines is 1. The standard InChI is InChI=1S/C13H14N2O3S/c16-10(17)6-2-5-9-14-12(18)11-7-3-1-4-8(7)19-13(11)15-9/h1-6H2,(H,16,17)(H,14,15,18). The van der Waals surface area contributed by atoms with Crippen LogP contribution in [0, 0.1) is 0 Å². The van der Waals surface area contributed by atoms with E-state index < -0.39 is 5.97 Å². The molecule has 19 heavy (non-hydrogen) atoms. The molecule has 0 bridgehead atoms. The fourth-order valence-electron chi connectivity index (χ4n) is 2.57. The van der Waals surface area contributed by atoms with Gasteiger partial charge in [0.15, 0.2) is 0 Å². The van der Waals surface area contributed by atoms with Crippen LogP contribution in [0.2, 0.25) is 0 Å². The number of carboxylic acids is 1. The van der Waals surface area contributed by atoms with Crippen molar-refractivity contribution in [2.45, 2.75) is 38.5 Å². The number of fused-ring (bicyclic) bond motifs is 3. The largest absolute Gasteiger partial charge is 0.481 e. The molecule has 0 aliphatic heterocycles. The normalized spacial score (nSPS) is 13.9. The highest BCUT2D eigenvalue weighted by Gasteiger charge is 2.20. The topological polar surface area (TPSA) is 83.0 Å². The molecule has 0 saturated heterocycles. The number of nitrogens with zero attached hydrogens (tertiary/aromatic N) is 1. The van der Waals surface area contributed by atoms with Crippen LogP contribution in [-0.2, 0) is 24.1 Å². The second kappa shape index (κ2) is 4.77. The van der Waals surface area contributed by atoms with Gasteiger partial charge in [0.25, 0.3) is 5.56 Å². The van der Waals surface area contributed by atoms with Gasteiger partial charge in [-0.2, -0.15) is 0 Å².